The topological polar surface area (TPSA) is 58.2 Å². The van der Waals surface area contributed by atoms with Gasteiger partial charge in [-0.3, -0.25) is 9.59 Å². The van der Waals surface area contributed by atoms with Crippen molar-refractivity contribution in [2.24, 2.45) is 0 Å². The zero-order valence-electron chi connectivity index (χ0n) is 16.8. The smallest absolute Gasteiger partial charge is 0.193 e. The largest absolute Gasteiger partial charge is 0.372 e. The van der Waals surface area contributed by atoms with Gasteiger partial charge < -0.3 is 10.6 Å². The Morgan fingerprint density at radius 2 is 1.65 bits per heavy atom. The fourth-order valence-electron chi connectivity index (χ4n) is 4.33. The van der Waals surface area contributed by atoms with E-state index in [2.05, 4.69) is 10.6 Å². The Morgan fingerprint density at radius 1 is 0.871 bits per heavy atom. The third-order valence-corrected chi connectivity index (χ3v) is 6.21. The van der Waals surface area contributed by atoms with Gasteiger partial charge in [0.15, 0.2) is 11.6 Å². The van der Waals surface area contributed by atoms with Crippen LogP contribution in [0, 0.1) is 0 Å². The van der Waals surface area contributed by atoms with Crippen molar-refractivity contribution in [3.63, 3.8) is 0 Å². The zero-order chi connectivity index (χ0) is 21.4. The van der Waals surface area contributed by atoms with E-state index in [1.165, 1.54) is 0 Å². The zero-order valence-corrected chi connectivity index (χ0v) is 17.6. The van der Waals surface area contributed by atoms with Gasteiger partial charge in [-0.25, -0.2) is 0 Å². The van der Waals surface area contributed by atoms with Crippen LogP contribution in [0.2, 0.25) is 5.02 Å². The van der Waals surface area contributed by atoms with E-state index in [1.807, 2.05) is 72.8 Å². The molecule has 4 nitrogen and oxygen atoms in total. The monoisotopic (exact) mass is 428 g/mol. The second-order valence-corrected chi connectivity index (χ2v) is 8.26. The maximum Gasteiger partial charge on any atom is 0.193 e. The Kier molecular flexibility index (Phi) is 5.08. The predicted octanol–water partition coefficient (Wildman–Crippen LogP) is 6.16. The molecular weight excluding hydrogens is 408 g/mol. The van der Waals surface area contributed by atoms with Crippen molar-refractivity contribution in [3.05, 3.63) is 106 Å². The Hall–Kier alpha value is -3.37. The number of nitrogens with one attached hydrogen (secondary N) is 2. The fourth-order valence-corrected chi connectivity index (χ4v) is 4.58. The normalized spacial score (nSPS) is 17.7. The Balaban J connectivity index is 1.60. The minimum absolute atomic E-state index is 0.0361. The fraction of sp³-hybridized carbons (Fsp3) is 0.154. The van der Waals surface area contributed by atoms with Crippen LogP contribution in [0.25, 0.3) is 0 Å². The SMILES string of the molecule is O=C1CCCC2=C1[C@H](c1ccccc1Cl)Nc1ccc(C(=O)c3ccccc3)cc1N2. The molecular formula is C26H21ClN2O2. The Morgan fingerprint density at radius 3 is 2.45 bits per heavy atom. The van der Waals surface area contributed by atoms with Crippen molar-refractivity contribution in [2.75, 3.05) is 10.6 Å². The molecule has 3 aromatic carbocycles. The van der Waals surface area contributed by atoms with Crippen molar-refractivity contribution in [1.29, 1.82) is 0 Å². The van der Waals surface area contributed by atoms with Crippen molar-refractivity contribution in [2.45, 2.75) is 25.3 Å². The number of fused-ring (bicyclic) bond motifs is 1. The molecule has 2 N–H and O–H groups in total. The number of Topliss-reactive ketones (excluding diaryl/α,β-unsaturated/α-hetero) is 1. The molecule has 3 aromatic rings. The van der Waals surface area contributed by atoms with E-state index in [0.29, 0.717) is 22.6 Å². The minimum atomic E-state index is -0.346. The molecule has 0 aromatic heterocycles. The number of hydrogen-bond acceptors (Lipinski definition) is 4. The number of ketones is 2. The highest BCUT2D eigenvalue weighted by molar-refractivity contribution is 6.31. The van der Waals surface area contributed by atoms with Gasteiger partial charge in [0.1, 0.15) is 0 Å². The van der Waals surface area contributed by atoms with Gasteiger partial charge in [0.05, 0.1) is 17.4 Å². The molecule has 0 saturated heterocycles. The van der Waals surface area contributed by atoms with Crippen LogP contribution >= 0.6 is 11.6 Å². The first-order valence-corrected chi connectivity index (χ1v) is 10.8. The van der Waals surface area contributed by atoms with Gasteiger partial charge in [0.2, 0.25) is 0 Å². The van der Waals surface area contributed by atoms with Gasteiger partial charge in [-0.1, -0.05) is 60.1 Å². The van der Waals surface area contributed by atoms with Gasteiger partial charge in [-0.15, -0.1) is 0 Å². The molecule has 0 fully saturated rings. The summed E-state index contributed by atoms with van der Waals surface area (Å²) in [6.07, 6.45) is 2.11. The number of carbonyl (C=O) groups is 2. The van der Waals surface area contributed by atoms with E-state index >= 15 is 0 Å². The van der Waals surface area contributed by atoms with Gasteiger partial charge in [-0.05, 0) is 42.7 Å². The highest BCUT2D eigenvalue weighted by atomic mass is 35.5. The molecule has 0 amide bonds. The average molecular weight is 429 g/mol. The molecule has 31 heavy (non-hydrogen) atoms. The molecule has 1 atom stereocenters. The van der Waals surface area contributed by atoms with Crippen LogP contribution < -0.4 is 10.6 Å². The summed E-state index contributed by atoms with van der Waals surface area (Å²) in [6.45, 7) is 0. The first-order valence-electron chi connectivity index (χ1n) is 10.4. The summed E-state index contributed by atoms with van der Waals surface area (Å²) < 4.78 is 0. The first kappa shape index (κ1) is 19.6. The third-order valence-electron chi connectivity index (χ3n) is 5.86. The lowest BCUT2D eigenvalue weighted by Crippen LogP contribution is -2.23. The minimum Gasteiger partial charge on any atom is -0.372 e. The molecule has 0 radical (unpaired) electrons. The molecule has 0 bridgehead atoms. The molecule has 0 saturated carbocycles. The summed E-state index contributed by atoms with van der Waals surface area (Å²) in [6, 6.07) is 22.1. The molecule has 0 spiro atoms. The van der Waals surface area contributed by atoms with Crippen molar-refractivity contribution in [3.8, 4) is 0 Å². The van der Waals surface area contributed by atoms with Crippen LogP contribution in [0.3, 0.4) is 0 Å². The van der Waals surface area contributed by atoms with Crippen LogP contribution in [0.5, 0.6) is 0 Å². The number of rotatable bonds is 3. The number of halogens is 1. The molecule has 1 aliphatic carbocycles. The summed E-state index contributed by atoms with van der Waals surface area (Å²) >= 11 is 6.51. The molecule has 2 aliphatic rings. The number of carbonyl (C=O) groups excluding carboxylic acids is 2. The van der Waals surface area contributed by atoms with E-state index in [0.717, 1.165) is 41.1 Å². The van der Waals surface area contributed by atoms with Crippen LogP contribution in [0.1, 0.15) is 46.8 Å². The van der Waals surface area contributed by atoms with Crippen LogP contribution in [-0.4, -0.2) is 11.6 Å². The lowest BCUT2D eigenvalue weighted by molar-refractivity contribution is -0.116. The summed E-state index contributed by atoms with van der Waals surface area (Å²) in [7, 11) is 0. The van der Waals surface area contributed by atoms with Crippen molar-refractivity contribution >= 4 is 34.5 Å². The number of hydrogen-bond donors (Lipinski definition) is 2. The second kappa shape index (κ2) is 8.05. The molecule has 154 valence electrons. The Labute approximate surface area is 185 Å². The van der Waals surface area contributed by atoms with Crippen LogP contribution in [0.15, 0.2) is 84.1 Å². The van der Waals surface area contributed by atoms with Gasteiger partial charge in [0, 0.05) is 33.8 Å². The Bertz CT molecular complexity index is 1220. The highest BCUT2D eigenvalue weighted by Gasteiger charge is 2.33. The van der Waals surface area contributed by atoms with E-state index < -0.39 is 0 Å². The van der Waals surface area contributed by atoms with Gasteiger partial charge in [0.25, 0.3) is 0 Å². The summed E-state index contributed by atoms with van der Waals surface area (Å²) in [5.41, 5.74) is 5.36. The van der Waals surface area contributed by atoms with E-state index in [4.69, 9.17) is 11.6 Å². The maximum atomic E-state index is 13.0. The van der Waals surface area contributed by atoms with E-state index in [9.17, 15) is 9.59 Å². The van der Waals surface area contributed by atoms with Crippen molar-refractivity contribution < 1.29 is 9.59 Å². The average Bonchev–Trinajstić information content (AvgIpc) is 2.96. The standard InChI is InChI=1S/C26H21ClN2O2/c27-19-10-5-4-9-18(19)25-24-21(11-6-12-23(24)30)28-22-15-17(13-14-20(22)29-25)26(31)16-7-2-1-3-8-16/h1-5,7-10,13-15,25,28-29H,6,11-12H2/t25-/m0/s1. The van der Waals surface area contributed by atoms with E-state index in [1.54, 1.807) is 0 Å². The number of anilines is 2. The van der Waals surface area contributed by atoms with Crippen molar-refractivity contribution in [1.82, 2.24) is 0 Å². The summed E-state index contributed by atoms with van der Waals surface area (Å²) in [5, 5.41) is 7.59. The second-order valence-electron chi connectivity index (χ2n) is 7.85. The molecule has 5 rings (SSSR count). The first-order chi connectivity index (χ1) is 15.1. The van der Waals surface area contributed by atoms with Crippen LogP contribution in [0.4, 0.5) is 11.4 Å². The van der Waals surface area contributed by atoms with E-state index in [-0.39, 0.29) is 17.6 Å². The third kappa shape index (κ3) is 3.64. The number of benzene rings is 3. The lowest BCUT2D eigenvalue weighted by Gasteiger charge is -2.26. The maximum absolute atomic E-state index is 13.0. The summed E-state index contributed by atoms with van der Waals surface area (Å²) in [5.74, 6) is 0.0885. The van der Waals surface area contributed by atoms with Crippen LogP contribution in [-0.2, 0) is 4.79 Å². The molecule has 0 unspecified atom stereocenters. The lowest BCUT2D eigenvalue weighted by atomic mass is 9.86. The molecule has 5 heteroatoms. The van der Waals surface area contributed by atoms with Gasteiger partial charge >= 0.3 is 0 Å². The predicted molar refractivity (Wildman–Crippen MR) is 124 cm³/mol. The highest BCUT2D eigenvalue weighted by Crippen LogP contribution is 2.42. The number of allylic oxidation sites excluding steroid dienone is 1. The summed E-state index contributed by atoms with van der Waals surface area (Å²) in [4.78, 5) is 25.9. The molecule has 1 aliphatic heterocycles. The molecule has 1 heterocycles. The quantitative estimate of drug-likeness (QED) is 0.491. The van der Waals surface area contributed by atoms with Gasteiger partial charge in [-0.2, -0.15) is 0 Å².